The summed E-state index contributed by atoms with van der Waals surface area (Å²) >= 11 is 0. The van der Waals surface area contributed by atoms with E-state index in [4.69, 9.17) is 4.74 Å². The average Bonchev–Trinajstić information content (AvgIpc) is 3.22. The highest BCUT2D eigenvalue weighted by Gasteiger charge is 2.21. The summed E-state index contributed by atoms with van der Waals surface area (Å²) in [5.41, 5.74) is 1.34. The molecular formula is C20H26N4O3. The lowest BCUT2D eigenvalue weighted by Gasteiger charge is -2.23. The Balaban J connectivity index is 1.68. The second-order valence-electron chi connectivity index (χ2n) is 6.73. The van der Waals surface area contributed by atoms with Crippen LogP contribution in [-0.2, 0) is 9.53 Å². The molecule has 2 atom stereocenters. The summed E-state index contributed by atoms with van der Waals surface area (Å²) in [6.07, 6.45) is 4.73. The molecule has 1 aromatic carbocycles. The van der Waals surface area contributed by atoms with Crippen LogP contribution in [0.2, 0.25) is 0 Å². The first-order chi connectivity index (χ1) is 13.2. The van der Waals surface area contributed by atoms with Gasteiger partial charge >= 0.3 is 5.97 Å². The number of piperidine rings is 1. The molecule has 1 aromatic heterocycles. The zero-order valence-electron chi connectivity index (χ0n) is 15.6. The zero-order chi connectivity index (χ0) is 19.1. The maximum absolute atomic E-state index is 12.7. The largest absolute Gasteiger partial charge is 0.469 e. The van der Waals surface area contributed by atoms with Crippen molar-refractivity contribution < 1.29 is 14.3 Å². The maximum Gasteiger partial charge on any atom is 0.305 e. The third-order valence-electron chi connectivity index (χ3n) is 4.86. The molecule has 1 amide bonds. The predicted octanol–water partition coefficient (Wildman–Crippen LogP) is 2.23. The summed E-state index contributed by atoms with van der Waals surface area (Å²) in [5.74, 6) is -0.532. The van der Waals surface area contributed by atoms with Gasteiger partial charge in [-0.25, -0.2) is 0 Å². The van der Waals surface area contributed by atoms with Gasteiger partial charge in [0.2, 0.25) is 0 Å². The van der Waals surface area contributed by atoms with Crippen molar-refractivity contribution in [2.45, 2.75) is 37.8 Å². The van der Waals surface area contributed by atoms with Gasteiger partial charge in [-0.2, -0.15) is 5.10 Å². The first-order valence-electron chi connectivity index (χ1n) is 9.36. The summed E-state index contributed by atoms with van der Waals surface area (Å²) in [5, 5.41) is 10.8. The lowest BCUT2D eigenvalue weighted by molar-refractivity contribution is -0.140. The predicted molar refractivity (Wildman–Crippen MR) is 101 cm³/mol. The van der Waals surface area contributed by atoms with E-state index in [2.05, 4.69) is 15.7 Å². The van der Waals surface area contributed by atoms with Crippen LogP contribution in [0, 0.1) is 0 Å². The fraction of sp³-hybridized carbons (Fsp3) is 0.450. The molecule has 3 rings (SSSR count). The van der Waals surface area contributed by atoms with E-state index < -0.39 is 0 Å². The van der Waals surface area contributed by atoms with Gasteiger partial charge in [0.25, 0.3) is 5.91 Å². The molecule has 0 bridgehead atoms. The lowest BCUT2D eigenvalue weighted by atomic mass is 10.0. The summed E-state index contributed by atoms with van der Waals surface area (Å²) in [6, 6.07) is 11.4. The van der Waals surface area contributed by atoms with E-state index in [1.165, 1.54) is 7.11 Å². The molecule has 2 N–H and O–H groups in total. The molecule has 144 valence electrons. The van der Waals surface area contributed by atoms with Crippen LogP contribution < -0.4 is 10.6 Å². The number of carbonyl (C=O) groups is 2. The number of hydrogen-bond acceptors (Lipinski definition) is 5. The van der Waals surface area contributed by atoms with E-state index >= 15 is 0 Å². The van der Waals surface area contributed by atoms with E-state index in [1.54, 1.807) is 6.07 Å². The van der Waals surface area contributed by atoms with Crippen LogP contribution >= 0.6 is 0 Å². The molecule has 1 aliphatic rings. The lowest BCUT2D eigenvalue weighted by Crippen LogP contribution is -2.32. The Kier molecular flexibility index (Phi) is 6.59. The molecule has 7 nitrogen and oxygen atoms in total. The maximum atomic E-state index is 12.7. The van der Waals surface area contributed by atoms with Crippen molar-refractivity contribution in [3.05, 3.63) is 53.9 Å². The molecule has 2 unspecified atom stereocenters. The molecule has 0 saturated carbocycles. The third-order valence-corrected chi connectivity index (χ3v) is 4.86. The number of nitrogens with zero attached hydrogens (tertiary/aromatic N) is 2. The van der Waals surface area contributed by atoms with Gasteiger partial charge in [0.15, 0.2) is 0 Å². The molecule has 0 spiro atoms. The number of aromatic nitrogens is 2. The minimum Gasteiger partial charge on any atom is -0.469 e. The van der Waals surface area contributed by atoms with Crippen LogP contribution in [0.25, 0.3) is 0 Å². The summed E-state index contributed by atoms with van der Waals surface area (Å²) in [7, 11) is 1.37. The second-order valence-corrected chi connectivity index (χ2v) is 6.73. The molecular weight excluding hydrogens is 344 g/mol. The van der Waals surface area contributed by atoms with Gasteiger partial charge in [0, 0.05) is 19.2 Å². The monoisotopic (exact) mass is 370 g/mol. The average molecular weight is 370 g/mol. The van der Waals surface area contributed by atoms with Gasteiger partial charge in [-0.1, -0.05) is 30.3 Å². The smallest absolute Gasteiger partial charge is 0.305 e. The van der Waals surface area contributed by atoms with Crippen molar-refractivity contribution in [3.8, 4) is 0 Å². The Morgan fingerprint density at radius 3 is 2.85 bits per heavy atom. The highest BCUT2D eigenvalue weighted by atomic mass is 16.5. The van der Waals surface area contributed by atoms with Gasteiger partial charge in [-0.15, -0.1) is 0 Å². The Labute approximate surface area is 159 Å². The Hall–Kier alpha value is -2.67. The minimum absolute atomic E-state index is 0.235. The van der Waals surface area contributed by atoms with Crippen molar-refractivity contribution in [1.29, 1.82) is 0 Å². The number of hydrogen-bond donors (Lipinski definition) is 2. The number of rotatable bonds is 7. The zero-order valence-corrected chi connectivity index (χ0v) is 15.6. The van der Waals surface area contributed by atoms with Crippen LogP contribution in [0.4, 0.5) is 0 Å². The van der Waals surface area contributed by atoms with Crippen LogP contribution in [-0.4, -0.2) is 41.9 Å². The standard InChI is InChI=1S/C20H26N4O3/c1-27-19(25)10-9-17(15-6-3-2-4-7-15)22-20(26)18-11-13-24(23-18)16-8-5-12-21-14-16/h2-4,6-7,11,13,16-17,21H,5,8-10,12,14H2,1H3,(H,22,26). The molecule has 1 aliphatic heterocycles. The van der Waals surface area contributed by atoms with Gasteiger partial charge < -0.3 is 15.4 Å². The van der Waals surface area contributed by atoms with E-state index in [0.717, 1.165) is 31.5 Å². The van der Waals surface area contributed by atoms with Crippen LogP contribution in [0.15, 0.2) is 42.6 Å². The number of benzene rings is 1. The second kappa shape index (κ2) is 9.32. The van der Waals surface area contributed by atoms with Crippen molar-refractivity contribution >= 4 is 11.9 Å². The highest BCUT2D eigenvalue weighted by Crippen LogP contribution is 2.20. The summed E-state index contributed by atoms with van der Waals surface area (Å²) in [6.45, 7) is 1.90. The topological polar surface area (TPSA) is 85.2 Å². The summed E-state index contributed by atoms with van der Waals surface area (Å²) < 4.78 is 6.59. The summed E-state index contributed by atoms with van der Waals surface area (Å²) in [4.78, 5) is 24.2. The number of carbonyl (C=O) groups excluding carboxylic acids is 2. The van der Waals surface area contributed by atoms with Gasteiger partial charge in [-0.3, -0.25) is 14.3 Å². The molecule has 27 heavy (non-hydrogen) atoms. The Morgan fingerprint density at radius 1 is 1.33 bits per heavy atom. The SMILES string of the molecule is COC(=O)CCC(NC(=O)c1ccn(C2CCCNC2)n1)c1ccccc1. The van der Waals surface area contributed by atoms with E-state index in [-0.39, 0.29) is 30.4 Å². The van der Waals surface area contributed by atoms with E-state index in [1.807, 2.05) is 41.2 Å². The Bertz CT molecular complexity index is 754. The van der Waals surface area contributed by atoms with Crippen LogP contribution in [0.3, 0.4) is 0 Å². The van der Waals surface area contributed by atoms with Crippen LogP contribution in [0.1, 0.15) is 53.8 Å². The fourth-order valence-corrected chi connectivity index (χ4v) is 3.33. The highest BCUT2D eigenvalue weighted by molar-refractivity contribution is 5.92. The quantitative estimate of drug-likeness (QED) is 0.730. The first kappa shape index (κ1) is 19.1. The van der Waals surface area contributed by atoms with Gasteiger partial charge in [0.05, 0.1) is 19.2 Å². The van der Waals surface area contributed by atoms with Gasteiger partial charge in [-0.05, 0) is 37.4 Å². The minimum atomic E-state index is -0.292. The van der Waals surface area contributed by atoms with Crippen molar-refractivity contribution in [3.63, 3.8) is 0 Å². The fourth-order valence-electron chi connectivity index (χ4n) is 3.33. The normalized spacial score (nSPS) is 17.9. The van der Waals surface area contributed by atoms with Crippen LogP contribution in [0.5, 0.6) is 0 Å². The number of esters is 1. The number of amides is 1. The number of methoxy groups -OCH3 is 1. The molecule has 2 aromatic rings. The first-order valence-corrected chi connectivity index (χ1v) is 9.36. The van der Waals surface area contributed by atoms with Crippen molar-refractivity contribution in [2.75, 3.05) is 20.2 Å². The molecule has 0 aliphatic carbocycles. The molecule has 1 saturated heterocycles. The van der Waals surface area contributed by atoms with E-state index in [0.29, 0.717) is 12.1 Å². The number of nitrogens with one attached hydrogen (secondary N) is 2. The van der Waals surface area contributed by atoms with Gasteiger partial charge in [0.1, 0.15) is 5.69 Å². The molecule has 1 fully saturated rings. The third kappa shape index (κ3) is 5.17. The molecule has 0 radical (unpaired) electrons. The van der Waals surface area contributed by atoms with Crippen molar-refractivity contribution in [1.82, 2.24) is 20.4 Å². The van der Waals surface area contributed by atoms with E-state index in [9.17, 15) is 9.59 Å². The van der Waals surface area contributed by atoms with Crippen molar-refractivity contribution in [2.24, 2.45) is 0 Å². The molecule has 2 heterocycles. The number of ether oxygens (including phenoxy) is 1. The molecule has 7 heteroatoms. The Morgan fingerprint density at radius 2 is 2.15 bits per heavy atom.